The molecule has 0 radical (unpaired) electrons. The van der Waals surface area contributed by atoms with Gasteiger partial charge >= 0.3 is 0 Å². The van der Waals surface area contributed by atoms with Gasteiger partial charge in [-0.05, 0) is 43.2 Å². The molecule has 0 bridgehead atoms. The Bertz CT molecular complexity index is 1030. The van der Waals surface area contributed by atoms with Gasteiger partial charge in [-0.1, -0.05) is 30.3 Å². The van der Waals surface area contributed by atoms with Gasteiger partial charge in [0.25, 0.3) is 0 Å². The van der Waals surface area contributed by atoms with Crippen molar-refractivity contribution in [3.8, 4) is 11.5 Å². The molecule has 160 valence electrons. The third-order valence-electron chi connectivity index (χ3n) is 5.09. The Morgan fingerprint density at radius 3 is 2.65 bits per heavy atom. The number of rotatable bonds is 7. The first-order valence-corrected chi connectivity index (χ1v) is 10.6. The van der Waals surface area contributed by atoms with E-state index in [0.29, 0.717) is 31.4 Å². The Kier molecular flexibility index (Phi) is 6.62. The van der Waals surface area contributed by atoms with Gasteiger partial charge in [-0.15, -0.1) is 0 Å². The minimum atomic E-state index is 0.202. The van der Waals surface area contributed by atoms with Crippen LogP contribution < -0.4 is 15.5 Å². The number of hydrogen-bond acceptors (Lipinski definition) is 4. The molecule has 1 amide bonds. The Labute approximate surface area is 182 Å². The molecule has 0 spiro atoms. The zero-order valence-electron chi connectivity index (χ0n) is 17.7. The summed E-state index contributed by atoms with van der Waals surface area (Å²) < 4.78 is 5.59. The molecule has 2 heterocycles. The van der Waals surface area contributed by atoms with Crippen LogP contribution >= 0.6 is 0 Å². The van der Waals surface area contributed by atoms with Crippen molar-refractivity contribution >= 4 is 17.6 Å². The van der Waals surface area contributed by atoms with E-state index in [9.17, 15) is 4.79 Å². The number of hydrogen-bond donors (Lipinski definition) is 2. The number of guanidine groups is 1. The molecule has 4 rings (SSSR count). The lowest BCUT2D eigenvalue weighted by molar-refractivity contribution is -0.117. The highest BCUT2D eigenvalue weighted by Gasteiger charge is 2.21. The average Bonchev–Trinajstić information content (AvgIpc) is 3.46. The van der Waals surface area contributed by atoms with E-state index in [1.165, 1.54) is 0 Å². The van der Waals surface area contributed by atoms with Gasteiger partial charge < -0.3 is 20.0 Å². The molecule has 3 aromatic rings. The van der Waals surface area contributed by atoms with Crippen molar-refractivity contribution in [2.45, 2.75) is 32.9 Å². The second-order valence-corrected chi connectivity index (χ2v) is 7.37. The van der Waals surface area contributed by atoms with E-state index in [4.69, 9.17) is 4.42 Å². The number of benzene rings is 2. The summed E-state index contributed by atoms with van der Waals surface area (Å²) in [5.41, 5.74) is 3.80. The van der Waals surface area contributed by atoms with Crippen LogP contribution in [-0.4, -0.2) is 29.9 Å². The summed E-state index contributed by atoms with van der Waals surface area (Å²) in [6, 6.07) is 17.9. The Balaban J connectivity index is 1.35. The van der Waals surface area contributed by atoms with E-state index in [-0.39, 0.29) is 5.91 Å². The molecular formula is C24H27N5O2. The maximum atomic E-state index is 11.9. The molecule has 7 heteroatoms. The lowest BCUT2D eigenvalue weighted by atomic mass is 10.2. The molecule has 0 unspecified atom stereocenters. The topological polar surface area (TPSA) is 82.8 Å². The zero-order valence-corrected chi connectivity index (χ0v) is 17.7. The number of amides is 1. The quantitative estimate of drug-likeness (QED) is 0.452. The van der Waals surface area contributed by atoms with Crippen molar-refractivity contribution in [2.75, 3.05) is 18.0 Å². The first-order valence-electron chi connectivity index (χ1n) is 10.6. The normalized spacial score (nSPS) is 14.2. The summed E-state index contributed by atoms with van der Waals surface area (Å²) >= 11 is 0. The van der Waals surface area contributed by atoms with Gasteiger partial charge in [0.15, 0.2) is 5.96 Å². The number of aromatic nitrogens is 1. The number of anilines is 1. The average molecular weight is 418 g/mol. The van der Waals surface area contributed by atoms with Gasteiger partial charge in [0.05, 0.1) is 18.8 Å². The van der Waals surface area contributed by atoms with Crippen LogP contribution in [0.4, 0.5) is 5.69 Å². The highest BCUT2D eigenvalue weighted by Crippen LogP contribution is 2.22. The molecule has 2 aromatic carbocycles. The summed E-state index contributed by atoms with van der Waals surface area (Å²) in [4.78, 5) is 22.9. The SMILES string of the molecule is CCNC(=NCc1ccc(N2CCCC2=O)cc1)NCc1coc(-c2ccccc2)n1. The lowest BCUT2D eigenvalue weighted by Crippen LogP contribution is -2.36. The first kappa shape index (κ1) is 20.7. The van der Waals surface area contributed by atoms with Gasteiger partial charge in [-0.25, -0.2) is 9.98 Å². The number of nitrogens with one attached hydrogen (secondary N) is 2. The smallest absolute Gasteiger partial charge is 0.227 e. The summed E-state index contributed by atoms with van der Waals surface area (Å²) in [5.74, 6) is 1.52. The van der Waals surface area contributed by atoms with Crippen LogP contribution in [0.25, 0.3) is 11.5 Å². The molecule has 1 fully saturated rings. The predicted molar refractivity (Wildman–Crippen MR) is 122 cm³/mol. The van der Waals surface area contributed by atoms with Crippen molar-refractivity contribution in [2.24, 2.45) is 4.99 Å². The maximum Gasteiger partial charge on any atom is 0.227 e. The molecule has 0 saturated carbocycles. The van der Waals surface area contributed by atoms with Crippen LogP contribution in [0.3, 0.4) is 0 Å². The van der Waals surface area contributed by atoms with Gasteiger partial charge in [-0.2, -0.15) is 0 Å². The van der Waals surface area contributed by atoms with Crippen molar-refractivity contribution in [1.29, 1.82) is 0 Å². The summed E-state index contributed by atoms with van der Waals surface area (Å²) in [6.45, 7) is 4.65. The molecule has 1 saturated heterocycles. The van der Waals surface area contributed by atoms with Gasteiger partial charge in [-0.3, -0.25) is 4.79 Å². The molecule has 0 atom stereocenters. The van der Waals surface area contributed by atoms with E-state index in [0.717, 1.165) is 42.0 Å². The summed E-state index contributed by atoms with van der Waals surface area (Å²) in [7, 11) is 0. The molecule has 1 aliphatic rings. The highest BCUT2D eigenvalue weighted by atomic mass is 16.3. The standard InChI is InChI=1S/C24H27N5O2/c1-2-25-24(27-16-20-17-31-23(28-20)19-7-4-3-5-8-19)26-15-18-10-12-21(13-11-18)29-14-6-9-22(29)30/h3-5,7-8,10-13,17H,2,6,9,14-16H2,1H3,(H2,25,26,27). The van der Waals surface area contributed by atoms with Crippen LogP contribution in [0.1, 0.15) is 31.0 Å². The Morgan fingerprint density at radius 2 is 1.94 bits per heavy atom. The number of aliphatic imine (C=N–C) groups is 1. The molecule has 2 N–H and O–H groups in total. The van der Waals surface area contributed by atoms with Gasteiger partial charge in [0.1, 0.15) is 6.26 Å². The fourth-order valence-electron chi connectivity index (χ4n) is 3.49. The number of oxazole rings is 1. The van der Waals surface area contributed by atoms with Crippen LogP contribution in [0.15, 0.2) is 70.3 Å². The van der Waals surface area contributed by atoms with Crippen LogP contribution in [0.2, 0.25) is 0 Å². The lowest BCUT2D eigenvalue weighted by Gasteiger charge is -2.15. The summed E-state index contributed by atoms with van der Waals surface area (Å²) in [6.07, 6.45) is 3.24. The zero-order chi connectivity index (χ0) is 21.5. The van der Waals surface area contributed by atoms with Gasteiger partial charge in [0.2, 0.25) is 11.8 Å². The van der Waals surface area contributed by atoms with Gasteiger partial charge in [0, 0.05) is 30.8 Å². The molecule has 7 nitrogen and oxygen atoms in total. The minimum absolute atomic E-state index is 0.202. The largest absolute Gasteiger partial charge is 0.444 e. The minimum Gasteiger partial charge on any atom is -0.444 e. The van der Waals surface area contributed by atoms with Crippen LogP contribution in [-0.2, 0) is 17.9 Å². The predicted octanol–water partition coefficient (Wildman–Crippen LogP) is 3.72. The summed E-state index contributed by atoms with van der Waals surface area (Å²) in [5, 5.41) is 6.55. The fourth-order valence-corrected chi connectivity index (χ4v) is 3.49. The van der Waals surface area contributed by atoms with Crippen LogP contribution in [0, 0.1) is 0 Å². The fraction of sp³-hybridized carbons (Fsp3) is 0.292. The van der Waals surface area contributed by atoms with E-state index in [1.54, 1.807) is 6.26 Å². The number of carbonyl (C=O) groups is 1. The second-order valence-electron chi connectivity index (χ2n) is 7.37. The van der Waals surface area contributed by atoms with Crippen LogP contribution in [0.5, 0.6) is 0 Å². The molecule has 0 aliphatic carbocycles. The molecule has 1 aromatic heterocycles. The second kappa shape index (κ2) is 9.93. The number of nitrogens with zero attached hydrogens (tertiary/aromatic N) is 3. The van der Waals surface area contributed by atoms with Crippen molar-refractivity contribution < 1.29 is 9.21 Å². The first-order chi connectivity index (χ1) is 15.2. The third-order valence-corrected chi connectivity index (χ3v) is 5.09. The Hall–Kier alpha value is -3.61. The Morgan fingerprint density at radius 1 is 1.13 bits per heavy atom. The highest BCUT2D eigenvalue weighted by molar-refractivity contribution is 5.95. The van der Waals surface area contributed by atoms with Crippen molar-refractivity contribution in [3.63, 3.8) is 0 Å². The molecule has 1 aliphatic heterocycles. The molecule has 31 heavy (non-hydrogen) atoms. The van der Waals surface area contributed by atoms with E-state index >= 15 is 0 Å². The monoisotopic (exact) mass is 417 g/mol. The van der Waals surface area contributed by atoms with E-state index < -0.39 is 0 Å². The maximum absolute atomic E-state index is 11.9. The van der Waals surface area contributed by atoms with Crippen molar-refractivity contribution in [1.82, 2.24) is 15.6 Å². The number of carbonyl (C=O) groups excluding carboxylic acids is 1. The third kappa shape index (κ3) is 5.31. The van der Waals surface area contributed by atoms with E-state index in [2.05, 4.69) is 20.6 Å². The van der Waals surface area contributed by atoms with Crippen molar-refractivity contribution in [3.05, 3.63) is 72.1 Å². The molecular weight excluding hydrogens is 390 g/mol. The van der Waals surface area contributed by atoms with E-state index in [1.807, 2.05) is 66.4 Å².